The zero-order chi connectivity index (χ0) is 14.7. The fourth-order valence-electron chi connectivity index (χ4n) is 2.10. The molecule has 0 aliphatic heterocycles. The van der Waals surface area contributed by atoms with Gasteiger partial charge < -0.3 is 4.74 Å². The number of hydrogen-bond donors (Lipinski definition) is 2. The minimum absolute atomic E-state index is 0.234. The average Bonchev–Trinajstić information content (AvgIpc) is 2.86. The molecule has 3 N–H and O–H groups in total. The molecule has 0 bridgehead atoms. The van der Waals surface area contributed by atoms with Gasteiger partial charge in [-0.1, -0.05) is 17.7 Å². The predicted octanol–water partition coefficient (Wildman–Crippen LogP) is 2.72. The topological polar surface area (TPSA) is 65.1 Å². The molecule has 0 spiro atoms. The van der Waals surface area contributed by atoms with Crippen LogP contribution in [0.15, 0.2) is 24.4 Å². The first kappa shape index (κ1) is 15.6. The maximum absolute atomic E-state index is 6.19. The van der Waals surface area contributed by atoms with Crippen molar-refractivity contribution in [2.75, 3.05) is 7.11 Å². The van der Waals surface area contributed by atoms with E-state index < -0.39 is 0 Å². The molecule has 1 atom stereocenters. The van der Waals surface area contributed by atoms with E-state index in [4.69, 9.17) is 22.2 Å². The standard InChI is InChI=1S/C13H16ClIN4O/c1-3-19-13(11(20-2)7-17-19)12(18-16)8-4-5-10(15)9(14)6-8/h4-7,12,18H,3,16H2,1-2H3. The van der Waals surface area contributed by atoms with Crippen molar-refractivity contribution in [3.63, 3.8) is 0 Å². The summed E-state index contributed by atoms with van der Waals surface area (Å²) in [5.41, 5.74) is 4.66. The molecule has 0 radical (unpaired) electrons. The van der Waals surface area contributed by atoms with Crippen LogP contribution in [-0.4, -0.2) is 16.9 Å². The van der Waals surface area contributed by atoms with Gasteiger partial charge in [-0.2, -0.15) is 5.10 Å². The molecule has 5 nitrogen and oxygen atoms in total. The number of hydrazine groups is 1. The van der Waals surface area contributed by atoms with Crippen molar-refractivity contribution >= 4 is 34.2 Å². The second-order valence-electron chi connectivity index (χ2n) is 4.19. The van der Waals surface area contributed by atoms with Gasteiger partial charge >= 0.3 is 0 Å². The molecule has 20 heavy (non-hydrogen) atoms. The SMILES string of the molecule is CCn1ncc(OC)c1C(NN)c1ccc(I)c(Cl)c1. The predicted molar refractivity (Wildman–Crippen MR) is 87.8 cm³/mol. The van der Waals surface area contributed by atoms with Crippen LogP contribution in [0.1, 0.15) is 24.2 Å². The Hall–Kier alpha value is -0.830. The fourth-order valence-corrected chi connectivity index (χ4v) is 2.63. The van der Waals surface area contributed by atoms with Crippen LogP contribution in [0, 0.1) is 3.57 Å². The van der Waals surface area contributed by atoms with Gasteiger partial charge in [0, 0.05) is 10.1 Å². The highest BCUT2D eigenvalue weighted by Crippen LogP contribution is 2.31. The van der Waals surface area contributed by atoms with E-state index in [1.165, 1.54) is 0 Å². The summed E-state index contributed by atoms with van der Waals surface area (Å²) in [7, 11) is 1.62. The van der Waals surface area contributed by atoms with Crippen molar-refractivity contribution in [3.05, 3.63) is 44.2 Å². The Morgan fingerprint density at radius 2 is 2.30 bits per heavy atom. The van der Waals surface area contributed by atoms with Crippen LogP contribution in [0.4, 0.5) is 0 Å². The first-order chi connectivity index (χ1) is 9.62. The Morgan fingerprint density at radius 3 is 2.85 bits per heavy atom. The molecule has 2 aromatic rings. The zero-order valence-electron chi connectivity index (χ0n) is 11.2. The van der Waals surface area contributed by atoms with Gasteiger partial charge in [-0.3, -0.25) is 10.5 Å². The van der Waals surface area contributed by atoms with Gasteiger partial charge in [0.25, 0.3) is 0 Å². The van der Waals surface area contributed by atoms with Gasteiger partial charge in [0.05, 0.1) is 24.4 Å². The Bertz CT molecular complexity index is 581. The van der Waals surface area contributed by atoms with Crippen molar-refractivity contribution in [1.82, 2.24) is 15.2 Å². The number of nitrogens with one attached hydrogen (secondary N) is 1. The molecule has 1 unspecified atom stereocenters. The zero-order valence-corrected chi connectivity index (χ0v) is 14.1. The molecule has 0 saturated heterocycles. The van der Waals surface area contributed by atoms with Crippen LogP contribution in [0.3, 0.4) is 0 Å². The first-order valence-electron chi connectivity index (χ1n) is 6.13. The minimum Gasteiger partial charge on any atom is -0.493 e. The van der Waals surface area contributed by atoms with Crippen LogP contribution in [-0.2, 0) is 6.54 Å². The van der Waals surface area contributed by atoms with Gasteiger partial charge in [0.1, 0.15) is 5.69 Å². The molecule has 7 heteroatoms. The summed E-state index contributed by atoms with van der Waals surface area (Å²) in [4.78, 5) is 0. The molecule has 0 fully saturated rings. The van der Waals surface area contributed by atoms with Crippen LogP contribution in [0.5, 0.6) is 5.75 Å². The van der Waals surface area contributed by atoms with Crippen LogP contribution >= 0.6 is 34.2 Å². The number of nitrogens with two attached hydrogens (primary N) is 1. The molecular weight excluding hydrogens is 391 g/mol. The molecular formula is C13H16ClIN4O. The third kappa shape index (κ3) is 2.93. The monoisotopic (exact) mass is 406 g/mol. The van der Waals surface area contributed by atoms with Gasteiger partial charge in [0.2, 0.25) is 0 Å². The summed E-state index contributed by atoms with van der Waals surface area (Å²) < 4.78 is 8.23. The second-order valence-corrected chi connectivity index (χ2v) is 5.76. The van der Waals surface area contributed by atoms with Gasteiger partial charge in [-0.15, -0.1) is 0 Å². The molecule has 0 aliphatic rings. The number of aryl methyl sites for hydroxylation is 1. The molecule has 2 rings (SSSR count). The lowest BCUT2D eigenvalue weighted by molar-refractivity contribution is 0.399. The van der Waals surface area contributed by atoms with Crippen molar-refractivity contribution in [2.45, 2.75) is 19.5 Å². The van der Waals surface area contributed by atoms with E-state index in [-0.39, 0.29) is 6.04 Å². The van der Waals surface area contributed by atoms with E-state index in [1.54, 1.807) is 13.3 Å². The number of benzene rings is 1. The highest BCUT2D eigenvalue weighted by atomic mass is 127. The minimum atomic E-state index is -0.234. The fraction of sp³-hybridized carbons (Fsp3) is 0.308. The smallest absolute Gasteiger partial charge is 0.161 e. The molecule has 108 valence electrons. The first-order valence-corrected chi connectivity index (χ1v) is 7.58. The third-order valence-electron chi connectivity index (χ3n) is 3.08. The summed E-state index contributed by atoms with van der Waals surface area (Å²) in [6.07, 6.45) is 1.69. The van der Waals surface area contributed by atoms with Crippen molar-refractivity contribution in [2.24, 2.45) is 5.84 Å². The van der Waals surface area contributed by atoms with Crippen LogP contribution in [0.25, 0.3) is 0 Å². The number of aromatic nitrogens is 2. The van der Waals surface area contributed by atoms with E-state index in [1.807, 2.05) is 29.8 Å². The van der Waals surface area contributed by atoms with Crippen molar-refractivity contribution < 1.29 is 4.74 Å². The summed E-state index contributed by atoms with van der Waals surface area (Å²) >= 11 is 8.39. The number of methoxy groups -OCH3 is 1. The maximum atomic E-state index is 6.19. The van der Waals surface area contributed by atoms with Gasteiger partial charge in [-0.05, 0) is 47.2 Å². The lowest BCUT2D eigenvalue weighted by atomic mass is 10.0. The van der Waals surface area contributed by atoms with E-state index in [9.17, 15) is 0 Å². The number of ether oxygens (including phenoxy) is 1. The normalized spacial score (nSPS) is 12.4. The second kappa shape index (κ2) is 6.75. The molecule has 1 heterocycles. The molecule has 1 aromatic heterocycles. The van der Waals surface area contributed by atoms with E-state index in [0.29, 0.717) is 10.8 Å². The largest absolute Gasteiger partial charge is 0.493 e. The summed E-state index contributed by atoms with van der Waals surface area (Å²) in [5, 5.41) is 5.00. The quantitative estimate of drug-likeness (QED) is 0.455. The average molecular weight is 407 g/mol. The Labute approximate surface area is 136 Å². The lowest BCUT2D eigenvalue weighted by Gasteiger charge is -2.19. The van der Waals surface area contributed by atoms with E-state index in [0.717, 1.165) is 21.4 Å². The number of nitrogens with zero attached hydrogens (tertiary/aromatic N) is 2. The molecule has 0 aliphatic carbocycles. The molecule has 1 aromatic carbocycles. The lowest BCUT2D eigenvalue weighted by Crippen LogP contribution is -2.31. The van der Waals surface area contributed by atoms with Crippen LogP contribution < -0.4 is 16.0 Å². The highest BCUT2D eigenvalue weighted by molar-refractivity contribution is 14.1. The summed E-state index contributed by atoms with van der Waals surface area (Å²) in [5.74, 6) is 6.44. The van der Waals surface area contributed by atoms with Crippen molar-refractivity contribution in [1.29, 1.82) is 0 Å². The van der Waals surface area contributed by atoms with E-state index in [2.05, 4.69) is 33.1 Å². The van der Waals surface area contributed by atoms with Gasteiger partial charge in [0.15, 0.2) is 5.75 Å². The maximum Gasteiger partial charge on any atom is 0.161 e. The number of halogens is 2. The Kier molecular flexibility index (Phi) is 5.25. The summed E-state index contributed by atoms with van der Waals surface area (Å²) in [6.45, 7) is 2.75. The van der Waals surface area contributed by atoms with Gasteiger partial charge in [-0.25, -0.2) is 5.43 Å². The van der Waals surface area contributed by atoms with Crippen LogP contribution in [0.2, 0.25) is 5.02 Å². The van der Waals surface area contributed by atoms with E-state index >= 15 is 0 Å². The Morgan fingerprint density at radius 1 is 1.55 bits per heavy atom. The highest BCUT2D eigenvalue weighted by Gasteiger charge is 2.22. The number of hydrogen-bond acceptors (Lipinski definition) is 4. The Balaban J connectivity index is 2.51. The number of rotatable bonds is 5. The van der Waals surface area contributed by atoms with Crippen molar-refractivity contribution in [3.8, 4) is 5.75 Å². The summed E-state index contributed by atoms with van der Waals surface area (Å²) in [6, 6.07) is 5.62. The third-order valence-corrected chi connectivity index (χ3v) is 4.65. The molecule has 0 amide bonds. The molecule has 0 saturated carbocycles.